The highest BCUT2D eigenvalue weighted by molar-refractivity contribution is 6.05. The van der Waals surface area contributed by atoms with Crippen LogP contribution in [0.5, 0.6) is 23.0 Å². The van der Waals surface area contributed by atoms with Crippen molar-refractivity contribution in [2.75, 3.05) is 7.11 Å². The molecule has 2 aromatic rings. The van der Waals surface area contributed by atoms with E-state index in [1.165, 1.54) is 30.9 Å². The lowest BCUT2D eigenvalue weighted by atomic mass is 9.86. The average Bonchev–Trinajstić information content (AvgIpc) is 2.74. The van der Waals surface area contributed by atoms with Crippen LogP contribution in [-0.4, -0.2) is 34.3 Å². The number of ether oxygens (including phenoxy) is 2. The number of hydrogen-bond acceptors (Lipinski definition) is 6. The van der Waals surface area contributed by atoms with Crippen LogP contribution in [-0.2, 0) is 6.42 Å². The van der Waals surface area contributed by atoms with Crippen LogP contribution in [0.25, 0.3) is 0 Å². The standard InChI is InChI=1S/C26H30O6/c1-14(2)6-7-16(15(3)4)12-17-8-11-20-22(23(17)28)24(29)25(30)26(32-20)19-10-9-18(27)13-21(19)31-5/h6,8-11,13,16,25-28,30H,3,7,12H2,1-2,4-5H3. The van der Waals surface area contributed by atoms with E-state index in [0.29, 0.717) is 17.5 Å². The van der Waals surface area contributed by atoms with Gasteiger partial charge in [0.2, 0.25) is 5.78 Å². The number of aliphatic hydroxyl groups is 1. The minimum Gasteiger partial charge on any atom is -0.508 e. The van der Waals surface area contributed by atoms with Crippen LogP contribution in [0.1, 0.15) is 54.8 Å². The Kier molecular flexibility index (Phi) is 6.94. The van der Waals surface area contributed by atoms with Gasteiger partial charge in [0.05, 0.1) is 7.11 Å². The van der Waals surface area contributed by atoms with Crippen molar-refractivity contribution >= 4 is 5.78 Å². The summed E-state index contributed by atoms with van der Waals surface area (Å²) in [5.74, 6) is -0.224. The molecule has 6 heteroatoms. The minimum absolute atomic E-state index is 0.00918. The Labute approximate surface area is 188 Å². The van der Waals surface area contributed by atoms with Crippen LogP contribution < -0.4 is 9.47 Å². The molecular formula is C26H30O6. The van der Waals surface area contributed by atoms with Gasteiger partial charge in [-0.1, -0.05) is 29.9 Å². The second-order valence-corrected chi connectivity index (χ2v) is 8.48. The molecule has 0 saturated heterocycles. The Bertz CT molecular complexity index is 1060. The van der Waals surface area contributed by atoms with Crippen LogP contribution in [0.2, 0.25) is 0 Å². The van der Waals surface area contributed by atoms with Gasteiger partial charge in [0, 0.05) is 11.6 Å². The maximum atomic E-state index is 13.1. The van der Waals surface area contributed by atoms with Gasteiger partial charge in [-0.05, 0) is 63.3 Å². The molecule has 170 valence electrons. The molecule has 3 atom stereocenters. The molecule has 1 heterocycles. The highest BCUT2D eigenvalue weighted by atomic mass is 16.5. The third-order valence-electron chi connectivity index (χ3n) is 5.78. The van der Waals surface area contributed by atoms with Crippen LogP contribution in [0.4, 0.5) is 0 Å². The topological polar surface area (TPSA) is 96.2 Å². The van der Waals surface area contributed by atoms with Gasteiger partial charge in [0.15, 0.2) is 12.2 Å². The van der Waals surface area contributed by atoms with Crippen molar-refractivity contribution in [3.05, 3.63) is 70.8 Å². The fourth-order valence-electron chi connectivity index (χ4n) is 3.87. The molecule has 3 N–H and O–H groups in total. The predicted molar refractivity (Wildman–Crippen MR) is 123 cm³/mol. The third-order valence-corrected chi connectivity index (χ3v) is 5.78. The van der Waals surface area contributed by atoms with Crippen LogP contribution in [0.3, 0.4) is 0 Å². The molecule has 0 aromatic heterocycles. The van der Waals surface area contributed by atoms with Gasteiger partial charge >= 0.3 is 0 Å². The molecule has 1 aliphatic heterocycles. The first-order valence-electron chi connectivity index (χ1n) is 10.5. The van der Waals surface area contributed by atoms with E-state index in [1.807, 2.05) is 20.8 Å². The summed E-state index contributed by atoms with van der Waals surface area (Å²) in [6.07, 6.45) is 0.852. The quantitative estimate of drug-likeness (QED) is 0.534. The van der Waals surface area contributed by atoms with Crippen molar-refractivity contribution in [1.29, 1.82) is 0 Å². The normalized spacial score (nSPS) is 18.3. The molecule has 0 amide bonds. The van der Waals surface area contributed by atoms with E-state index in [1.54, 1.807) is 12.1 Å². The largest absolute Gasteiger partial charge is 0.508 e. The number of carbonyl (C=O) groups is 1. The van der Waals surface area contributed by atoms with Crippen molar-refractivity contribution in [3.8, 4) is 23.0 Å². The number of phenolic OH excluding ortho intramolecular Hbond substituents is 2. The van der Waals surface area contributed by atoms with Crippen LogP contribution in [0, 0.1) is 5.92 Å². The summed E-state index contributed by atoms with van der Waals surface area (Å²) in [6, 6.07) is 7.73. The summed E-state index contributed by atoms with van der Waals surface area (Å²) in [6.45, 7) is 10.1. The zero-order valence-electron chi connectivity index (χ0n) is 18.9. The maximum Gasteiger partial charge on any atom is 0.202 e. The third kappa shape index (κ3) is 4.65. The number of ketones is 1. The first kappa shape index (κ1) is 23.4. The second-order valence-electron chi connectivity index (χ2n) is 8.48. The van der Waals surface area contributed by atoms with Gasteiger partial charge < -0.3 is 24.8 Å². The minimum atomic E-state index is -1.54. The number of hydrogen-bond donors (Lipinski definition) is 3. The Morgan fingerprint density at radius 2 is 1.94 bits per heavy atom. The molecule has 3 unspecified atom stereocenters. The van der Waals surface area contributed by atoms with Gasteiger partial charge in [0.1, 0.15) is 28.6 Å². The summed E-state index contributed by atoms with van der Waals surface area (Å²) in [4.78, 5) is 13.1. The van der Waals surface area contributed by atoms with Crippen molar-refractivity contribution in [1.82, 2.24) is 0 Å². The van der Waals surface area contributed by atoms with E-state index in [0.717, 1.165) is 12.0 Å². The molecule has 0 bridgehead atoms. The Balaban J connectivity index is 1.96. The molecule has 3 rings (SSSR count). The van der Waals surface area contributed by atoms with Gasteiger partial charge in [0.25, 0.3) is 0 Å². The molecule has 0 aliphatic carbocycles. The zero-order chi connectivity index (χ0) is 23.6. The van der Waals surface area contributed by atoms with Crippen molar-refractivity contribution in [2.45, 2.75) is 45.8 Å². The molecule has 6 nitrogen and oxygen atoms in total. The van der Waals surface area contributed by atoms with E-state index in [4.69, 9.17) is 9.47 Å². The SMILES string of the molecule is C=C(C)C(CC=C(C)C)Cc1ccc2c(c1O)C(=O)C(O)C(c1ccc(O)cc1OC)O2. The molecule has 2 aromatic carbocycles. The number of fused-ring (bicyclic) bond motifs is 1. The van der Waals surface area contributed by atoms with Crippen molar-refractivity contribution < 1.29 is 29.6 Å². The summed E-state index contributed by atoms with van der Waals surface area (Å²) in [7, 11) is 1.43. The number of allylic oxidation sites excluding steroid dienone is 3. The number of methoxy groups -OCH3 is 1. The van der Waals surface area contributed by atoms with Crippen LogP contribution >= 0.6 is 0 Å². The molecule has 1 aliphatic rings. The van der Waals surface area contributed by atoms with E-state index >= 15 is 0 Å². The number of rotatable bonds is 7. The van der Waals surface area contributed by atoms with Gasteiger partial charge in [-0.25, -0.2) is 0 Å². The molecule has 0 spiro atoms. The lowest BCUT2D eigenvalue weighted by Crippen LogP contribution is -2.36. The highest BCUT2D eigenvalue weighted by Crippen LogP contribution is 2.44. The lowest BCUT2D eigenvalue weighted by molar-refractivity contribution is 0.0203. The lowest BCUT2D eigenvalue weighted by Gasteiger charge is -2.31. The first-order chi connectivity index (χ1) is 15.1. The molecule has 32 heavy (non-hydrogen) atoms. The van der Waals surface area contributed by atoms with Crippen molar-refractivity contribution in [3.63, 3.8) is 0 Å². The van der Waals surface area contributed by atoms with Gasteiger partial charge in [-0.2, -0.15) is 0 Å². The summed E-state index contributed by atoms with van der Waals surface area (Å²) >= 11 is 0. The second kappa shape index (κ2) is 9.49. The smallest absolute Gasteiger partial charge is 0.202 e. The van der Waals surface area contributed by atoms with E-state index < -0.39 is 18.0 Å². The fraction of sp³-hybridized carbons (Fsp3) is 0.346. The molecule has 0 saturated carbocycles. The van der Waals surface area contributed by atoms with Crippen LogP contribution in [0.15, 0.2) is 54.1 Å². The first-order valence-corrected chi connectivity index (χ1v) is 10.5. The highest BCUT2D eigenvalue weighted by Gasteiger charge is 2.40. The monoisotopic (exact) mass is 438 g/mol. The molecular weight excluding hydrogens is 408 g/mol. The Morgan fingerprint density at radius 3 is 2.56 bits per heavy atom. The number of aromatic hydroxyl groups is 2. The predicted octanol–water partition coefficient (Wildman–Crippen LogP) is 4.87. The Morgan fingerprint density at radius 1 is 1.22 bits per heavy atom. The number of carbonyl (C=O) groups excluding carboxylic acids is 1. The van der Waals surface area contributed by atoms with E-state index in [-0.39, 0.29) is 34.5 Å². The maximum absolute atomic E-state index is 13.1. The number of aliphatic hydroxyl groups excluding tert-OH is 1. The summed E-state index contributed by atoms with van der Waals surface area (Å²) in [5, 5.41) is 31.3. The molecule has 0 fully saturated rings. The zero-order valence-corrected chi connectivity index (χ0v) is 18.9. The molecule has 0 radical (unpaired) electrons. The summed E-state index contributed by atoms with van der Waals surface area (Å²) < 4.78 is 11.2. The van der Waals surface area contributed by atoms with Gasteiger partial charge in [-0.15, -0.1) is 0 Å². The Hall–Kier alpha value is -3.25. The van der Waals surface area contributed by atoms with Crippen molar-refractivity contribution in [2.24, 2.45) is 5.92 Å². The number of phenols is 2. The summed E-state index contributed by atoms with van der Waals surface area (Å²) in [5.41, 5.74) is 3.19. The fourth-order valence-corrected chi connectivity index (χ4v) is 3.87. The van der Waals surface area contributed by atoms with Gasteiger partial charge in [-0.3, -0.25) is 4.79 Å². The van der Waals surface area contributed by atoms with E-state index in [9.17, 15) is 20.1 Å². The number of Topliss-reactive ketones (excluding diaryl/α,β-unsaturated/α-hetero) is 1. The number of benzene rings is 2. The average molecular weight is 439 g/mol. The van der Waals surface area contributed by atoms with E-state index in [2.05, 4.69) is 12.7 Å².